The van der Waals surface area contributed by atoms with Crippen LogP contribution >= 0.6 is 0 Å². The maximum Gasteiger partial charge on any atom is 0.315 e. The van der Waals surface area contributed by atoms with Gasteiger partial charge in [0.15, 0.2) is 0 Å². The quantitative estimate of drug-likeness (QED) is 0.570. The Morgan fingerprint density at radius 3 is 2.58 bits per heavy atom. The Kier molecular flexibility index (Phi) is 4.21. The highest BCUT2D eigenvalue weighted by Crippen LogP contribution is 2.30. The van der Waals surface area contributed by atoms with E-state index in [0.717, 1.165) is 29.4 Å². The summed E-state index contributed by atoms with van der Waals surface area (Å²) in [5.74, 6) is -0.0497. The molecule has 0 unspecified atom stereocenters. The first-order chi connectivity index (χ1) is 12.6. The molecule has 0 spiro atoms. The summed E-state index contributed by atoms with van der Waals surface area (Å²) in [6, 6.07) is 10.9. The van der Waals surface area contributed by atoms with Crippen LogP contribution in [0.15, 0.2) is 47.1 Å². The normalized spacial score (nSPS) is 12.8. The van der Waals surface area contributed by atoms with E-state index in [1.54, 1.807) is 30.5 Å². The summed E-state index contributed by atoms with van der Waals surface area (Å²) in [5, 5.41) is 3.66. The molecule has 1 aliphatic carbocycles. The SMILES string of the molecule is CC(=O)Nc1ccc(OC(=O)Cc2coc3cc4c(cc23)CCC4)cc1. The number of anilines is 1. The lowest BCUT2D eigenvalue weighted by Crippen LogP contribution is -2.11. The van der Waals surface area contributed by atoms with Gasteiger partial charge in [0.05, 0.1) is 12.7 Å². The molecule has 5 heteroatoms. The van der Waals surface area contributed by atoms with Gasteiger partial charge in [-0.25, -0.2) is 0 Å². The van der Waals surface area contributed by atoms with Crippen LogP contribution in [0.5, 0.6) is 5.75 Å². The van der Waals surface area contributed by atoms with Crippen LogP contribution in [-0.4, -0.2) is 11.9 Å². The second-order valence-corrected chi connectivity index (χ2v) is 6.59. The van der Waals surface area contributed by atoms with E-state index in [1.807, 2.05) is 0 Å². The van der Waals surface area contributed by atoms with Crippen molar-refractivity contribution >= 4 is 28.5 Å². The van der Waals surface area contributed by atoms with Crippen molar-refractivity contribution in [1.29, 1.82) is 0 Å². The van der Waals surface area contributed by atoms with Gasteiger partial charge in [0.2, 0.25) is 5.91 Å². The van der Waals surface area contributed by atoms with Crippen molar-refractivity contribution in [3.63, 3.8) is 0 Å². The number of aryl methyl sites for hydroxylation is 2. The van der Waals surface area contributed by atoms with Crippen molar-refractivity contribution in [3.8, 4) is 5.75 Å². The van der Waals surface area contributed by atoms with Gasteiger partial charge in [-0.1, -0.05) is 0 Å². The Labute approximate surface area is 150 Å². The number of benzene rings is 2. The molecule has 1 amide bonds. The van der Waals surface area contributed by atoms with Gasteiger partial charge < -0.3 is 14.5 Å². The number of hydrogen-bond donors (Lipinski definition) is 1. The molecule has 0 saturated carbocycles. The summed E-state index contributed by atoms with van der Waals surface area (Å²) in [6.07, 6.45) is 5.15. The molecule has 0 fully saturated rings. The van der Waals surface area contributed by atoms with Crippen LogP contribution in [0.3, 0.4) is 0 Å². The Morgan fingerprint density at radius 1 is 1.12 bits per heavy atom. The van der Waals surface area contributed by atoms with Gasteiger partial charge in [0.1, 0.15) is 11.3 Å². The van der Waals surface area contributed by atoms with E-state index >= 15 is 0 Å². The van der Waals surface area contributed by atoms with Gasteiger partial charge in [0.25, 0.3) is 0 Å². The Morgan fingerprint density at radius 2 is 1.85 bits per heavy atom. The fraction of sp³-hybridized carbons (Fsp3) is 0.238. The topological polar surface area (TPSA) is 68.5 Å². The van der Waals surface area contributed by atoms with E-state index in [2.05, 4.69) is 17.4 Å². The van der Waals surface area contributed by atoms with Crippen LogP contribution in [0.1, 0.15) is 30.0 Å². The zero-order valence-electron chi connectivity index (χ0n) is 14.5. The van der Waals surface area contributed by atoms with Crippen molar-refractivity contribution in [2.75, 3.05) is 5.32 Å². The van der Waals surface area contributed by atoms with E-state index in [9.17, 15) is 9.59 Å². The van der Waals surface area contributed by atoms with Gasteiger partial charge in [0, 0.05) is 23.6 Å². The van der Waals surface area contributed by atoms with Crippen molar-refractivity contribution in [2.24, 2.45) is 0 Å². The van der Waals surface area contributed by atoms with Crippen LogP contribution in [0.25, 0.3) is 11.0 Å². The summed E-state index contributed by atoms with van der Waals surface area (Å²) < 4.78 is 11.0. The molecule has 2 aromatic carbocycles. The summed E-state index contributed by atoms with van der Waals surface area (Å²) >= 11 is 0. The van der Waals surface area contributed by atoms with Gasteiger partial charge in [-0.15, -0.1) is 0 Å². The second kappa shape index (κ2) is 6.67. The molecule has 26 heavy (non-hydrogen) atoms. The Hall–Kier alpha value is -3.08. The van der Waals surface area contributed by atoms with E-state index in [4.69, 9.17) is 9.15 Å². The fourth-order valence-electron chi connectivity index (χ4n) is 3.42. The highest BCUT2D eigenvalue weighted by molar-refractivity contribution is 5.89. The monoisotopic (exact) mass is 349 g/mol. The van der Waals surface area contributed by atoms with Crippen LogP contribution in [0.2, 0.25) is 0 Å². The van der Waals surface area contributed by atoms with Crippen molar-refractivity contribution in [1.82, 2.24) is 0 Å². The number of amides is 1. The molecule has 0 radical (unpaired) electrons. The molecule has 0 bridgehead atoms. The molecule has 4 rings (SSSR count). The smallest absolute Gasteiger partial charge is 0.315 e. The molecule has 0 atom stereocenters. The predicted molar refractivity (Wildman–Crippen MR) is 98.3 cm³/mol. The molecule has 132 valence electrons. The number of nitrogens with one attached hydrogen (secondary N) is 1. The molecule has 1 N–H and O–H groups in total. The lowest BCUT2D eigenvalue weighted by Gasteiger charge is -2.06. The summed E-state index contributed by atoms with van der Waals surface area (Å²) in [7, 11) is 0. The first-order valence-electron chi connectivity index (χ1n) is 8.69. The van der Waals surface area contributed by atoms with Crippen LogP contribution < -0.4 is 10.1 Å². The van der Waals surface area contributed by atoms with Gasteiger partial charge in [-0.05, 0) is 66.8 Å². The second-order valence-electron chi connectivity index (χ2n) is 6.59. The van der Waals surface area contributed by atoms with Crippen molar-refractivity contribution in [3.05, 3.63) is 59.4 Å². The van der Waals surface area contributed by atoms with E-state index in [-0.39, 0.29) is 18.3 Å². The Bertz CT molecular complexity index is 985. The average molecular weight is 349 g/mol. The third-order valence-electron chi connectivity index (χ3n) is 4.61. The number of fused-ring (bicyclic) bond motifs is 2. The number of hydrogen-bond acceptors (Lipinski definition) is 4. The van der Waals surface area contributed by atoms with Crippen LogP contribution in [0.4, 0.5) is 5.69 Å². The van der Waals surface area contributed by atoms with Crippen molar-refractivity contribution < 1.29 is 18.7 Å². The summed E-state index contributed by atoms with van der Waals surface area (Å²) in [4.78, 5) is 23.3. The minimum Gasteiger partial charge on any atom is -0.464 e. The fourth-order valence-corrected chi connectivity index (χ4v) is 3.42. The number of carbonyl (C=O) groups excluding carboxylic acids is 2. The first-order valence-corrected chi connectivity index (χ1v) is 8.69. The molecule has 3 aromatic rings. The number of rotatable bonds is 4. The maximum atomic E-state index is 12.3. The number of carbonyl (C=O) groups is 2. The molecule has 1 aliphatic rings. The molecule has 0 saturated heterocycles. The van der Waals surface area contributed by atoms with E-state index in [0.29, 0.717) is 11.4 Å². The summed E-state index contributed by atoms with van der Waals surface area (Å²) in [5.41, 5.74) is 5.02. The predicted octanol–water partition coefficient (Wildman–Crippen LogP) is 4.03. The minimum atomic E-state index is -0.347. The molecule has 1 aromatic heterocycles. The van der Waals surface area contributed by atoms with Gasteiger partial charge in [-0.2, -0.15) is 0 Å². The first kappa shape index (κ1) is 16.4. The molecule has 5 nitrogen and oxygen atoms in total. The number of esters is 1. The third-order valence-corrected chi connectivity index (χ3v) is 4.61. The van der Waals surface area contributed by atoms with Crippen molar-refractivity contribution in [2.45, 2.75) is 32.6 Å². The average Bonchev–Trinajstić information content (AvgIpc) is 3.21. The zero-order chi connectivity index (χ0) is 18.1. The molecular weight excluding hydrogens is 330 g/mol. The largest absolute Gasteiger partial charge is 0.464 e. The number of furan rings is 1. The zero-order valence-corrected chi connectivity index (χ0v) is 14.5. The van der Waals surface area contributed by atoms with E-state index in [1.165, 1.54) is 24.5 Å². The highest BCUT2D eigenvalue weighted by Gasteiger charge is 2.17. The van der Waals surface area contributed by atoms with E-state index < -0.39 is 0 Å². The molecular formula is C21H19NO4. The minimum absolute atomic E-state index is 0.145. The van der Waals surface area contributed by atoms with Crippen LogP contribution in [0, 0.1) is 0 Å². The number of ether oxygens (including phenoxy) is 1. The Balaban J connectivity index is 1.46. The molecule has 1 heterocycles. The van der Waals surface area contributed by atoms with Gasteiger partial charge >= 0.3 is 5.97 Å². The lowest BCUT2D eigenvalue weighted by atomic mass is 10.0. The third kappa shape index (κ3) is 3.33. The standard InChI is InChI=1S/C21H19NO4/c1-13(23)22-17-5-7-18(8-6-17)26-21(24)11-16-12-25-20-10-15-4-2-3-14(15)9-19(16)20/h5-10,12H,2-4,11H2,1H3,(H,22,23). The lowest BCUT2D eigenvalue weighted by molar-refractivity contribution is -0.133. The highest BCUT2D eigenvalue weighted by atomic mass is 16.5. The molecule has 0 aliphatic heterocycles. The van der Waals surface area contributed by atoms with Crippen LogP contribution in [-0.2, 0) is 28.9 Å². The maximum absolute atomic E-state index is 12.3. The summed E-state index contributed by atoms with van der Waals surface area (Å²) in [6.45, 7) is 1.44. The van der Waals surface area contributed by atoms with Gasteiger partial charge in [-0.3, -0.25) is 9.59 Å².